The SMILES string of the molecule is Cc1cccc(C(=O)N2CC[C@H]3[C@H]2CCN3Cc2ccc(C)o2)n1.O=C(O)C(F)(F)F. The van der Waals surface area contributed by atoms with Crippen molar-refractivity contribution in [3.8, 4) is 0 Å². The molecule has 0 spiro atoms. The molecule has 0 saturated carbocycles. The molecule has 2 aromatic rings. The Labute approximate surface area is 177 Å². The highest BCUT2D eigenvalue weighted by atomic mass is 19.4. The first-order valence-electron chi connectivity index (χ1n) is 9.90. The van der Waals surface area contributed by atoms with Gasteiger partial charge in [0.2, 0.25) is 0 Å². The predicted octanol–water partition coefficient (Wildman–Crippen LogP) is 3.41. The standard InChI is InChI=1S/C19H23N3O2.C2HF3O2/c1-13-4-3-5-16(20-13)19(23)22-11-9-17-18(22)8-10-21(17)12-15-7-6-14(2)24-15;3-2(4,5)1(6)7/h3-7,17-18H,8-12H2,1-2H3;(H,6,7)/t17-,18+;/m0./s1. The topological polar surface area (TPSA) is 86.9 Å². The fourth-order valence-electron chi connectivity index (χ4n) is 4.10. The van der Waals surface area contributed by atoms with E-state index in [1.165, 1.54) is 0 Å². The fourth-order valence-corrected chi connectivity index (χ4v) is 4.10. The van der Waals surface area contributed by atoms with E-state index in [2.05, 4.69) is 16.0 Å². The third-order valence-corrected chi connectivity index (χ3v) is 5.46. The lowest BCUT2D eigenvalue weighted by atomic mass is 10.1. The Morgan fingerprint density at radius 3 is 2.39 bits per heavy atom. The number of aryl methyl sites for hydroxylation is 2. The molecular weight excluding hydrogens is 415 g/mol. The molecule has 0 bridgehead atoms. The number of rotatable bonds is 3. The molecule has 2 aromatic heterocycles. The van der Waals surface area contributed by atoms with Crippen molar-refractivity contribution in [1.82, 2.24) is 14.8 Å². The Bertz CT molecular complexity index is 944. The van der Waals surface area contributed by atoms with Crippen molar-refractivity contribution in [2.75, 3.05) is 13.1 Å². The molecule has 0 aliphatic carbocycles. The zero-order chi connectivity index (χ0) is 22.8. The Balaban J connectivity index is 0.000000339. The molecule has 10 heteroatoms. The molecule has 0 radical (unpaired) electrons. The highest BCUT2D eigenvalue weighted by Crippen LogP contribution is 2.33. The summed E-state index contributed by atoms with van der Waals surface area (Å²) in [7, 11) is 0. The zero-order valence-electron chi connectivity index (χ0n) is 17.2. The average molecular weight is 439 g/mol. The lowest BCUT2D eigenvalue weighted by molar-refractivity contribution is -0.192. The van der Waals surface area contributed by atoms with Crippen molar-refractivity contribution >= 4 is 11.9 Å². The van der Waals surface area contributed by atoms with E-state index in [9.17, 15) is 18.0 Å². The second-order valence-corrected chi connectivity index (χ2v) is 7.66. The minimum atomic E-state index is -5.08. The summed E-state index contributed by atoms with van der Waals surface area (Å²) >= 11 is 0. The first-order chi connectivity index (χ1) is 14.6. The van der Waals surface area contributed by atoms with Gasteiger partial charge in [-0.3, -0.25) is 9.69 Å². The number of carbonyl (C=O) groups is 2. The molecule has 31 heavy (non-hydrogen) atoms. The van der Waals surface area contributed by atoms with Crippen molar-refractivity contribution in [3.63, 3.8) is 0 Å². The van der Waals surface area contributed by atoms with Gasteiger partial charge in [0.25, 0.3) is 5.91 Å². The maximum absolute atomic E-state index is 12.8. The van der Waals surface area contributed by atoms with Gasteiger partial charge in [-0.25, -0.2) is 9.78 Å². The van der Waals surface area contributed by atoms with E-state index in [0.717, 1.165) is 49.7 Å². The molecule has 1 N–H and O–H groups in total. The number of hydrogen-bond acceptors (Lipinski definition) is 5. The number of nitrogens with zero attached hydrogens (tertiary/aromatic N) is 3. The fraction of sp³-hybridized carbons (Fsp3) is 0.476. The van der Waals surface area contributed by atoms with Gasteiger partial charge in [-0.2, -0.15) is 13.2 Å². The van der Waals surface area contributed by atoms with Crippen LogP contribution in [-0.2, 0) is 11.3 Å². The van der Waals surface area contributed by atoms with Gasteiger partial charge in [-0.05, 0) is 51.0 Å². The van der Waals surface area contributed by atoms with Gasteiger partial charge in [0.1, 0.15) is 17.2 Å². The predicted molar refractivity (Wildman–Crippen MR) is 104 cm³/mol. The molecule has 0 aromatic carbocycles. The van der Waals surface area contributed by atoms with E-state index in [4.69, 9.17) is 14.3 Å². The normalized spacial score (nSPS) is 20.9. The van der Waals surface area contributed by atoms with Crippen LogP contribution in [0.2, 0.25) is 0 Å². The molecule has 4 rings (SSSR count). The molecule has 7 nitrogen and oxygen atoms in total. The minimum absolute atomic E-state index is 0.0712. The van der Waals surface area contributed by atoms with Crippen molar-refractivity contribution in [2.45, 2.75) is 51.5 Å². The van der Waals surface area contributed by atoms with Crippen molar-refractivity contribution < 1.29 is 32.3 Å². The largest absolute Gasteiger partial charge is 0.490 e. The van der Waals surface area contributed by atoms with Gasteiger partial charge in [0.05, 0.1) is 6.54 Å². The molecule has 2 saturated heterocycles. The van der Waals surface area contributed by atoms with Gasteiger partial charge >= 0.3 is 12.1 Å². The summed E-state index contributed by atoms with van der Waals surface area (Å²) < 4.78 is 37.5. The van der Waals surface area contributed by atoms with Gasteiger partial charge < -0.3 is 14.4 Å². The molecule has 1 amide bonds. The van der Waals surface area contributed by atoms with Gasteiger partial charge in [0.15, 0.2) is 0 Å². The molecule has 2 atom stereocenters. The lowest BCUT2D eigenvalue weighted by Crippen LogP contribution is -2.39. The van der Waals surface area contributed by atoms with Crippen LogP contribution < -0.4 is 0 Å². The number of carboxylic acid groups (broad SMARTS) is 1. The molecule has 0 unspecified atom stereocenters. The summed E-state index contributed by atoms with van der Waals surface area (Å²) in [6.45, 7) is 6.56. The van der Waals surface area contributed by atoms with Crippen LogP contribution in [0.5, 0.6) is 0 Å². The summed E-state index contributed by atoms with van der Waals surface area (Å²) in [6, 6.07) is 10.4. The summed E-state index contributed by atoms with van der Waals surface area (Å²) in [5.74, 6) is -0.720. The van der Waals surface area contributed by atoms with Gasteiger partial charge in [-0.1, -0.05) is 6.07 Å². The minimum Gasteiger partial charge on any atom is -0.475 e. The number of likely N-dealkylation sites (tertiary alicyclic amines) is 2. The molecule has 2 fully saturated rings. The van der Waals surface area contributed by atoms with Crippen LogP contribution in [0.1, 0.15) is 40.5 Å². The molecule has 4 heterocycles. The third kappa shape index (κ3) is 5.43. The van der Waals surface area contributed by atoms with Crippen LogP contribution in [0.4, 0.5) is 13.2 Å². The number of carboxylic acids is 1. The number of pyridine rings is 1. The van der Waals surface area contributed by atoms with Crippen LogP contribution in [0.15, 0.2) is 34.7 Å². The number of amides is 1. The molecule has 2 aliphatic rings. The van der Waals surface area contributed by atoms with E-state index in [1.54, 1.807) is 0 Å². The van der Waals surface area contributed by atoms with Crippen LogP contribution in [0.25, 0.3) is 0 Å². The average Bonchev–Trinajstić information content (AvgIpc) is 3.39. The van der Waals surface area contributed by atoms with Gasteiger partial charge in [-0.15, -0.1) is 0 Å². The van der Waals surface area contributed by atoms with E-state index >= 15 is 0 Å². The number of aromatic nitrogens is 1. The number of aliphatic carboxylic acids is 1. The Morgan fingerprint density at radius 1 is 1.13 bits per heavy atom. The maximum atomic E-state index is 12.8. The molecule has 168 valence electrons. The van der Waals surface area contributed by atoms with Crippen molar-refractivity contribution in [1.29, 1.82) is 0 Å². The van der Waals surface area contributed by atoms with Gasteiger partial charge in [0, 0.05) is 30.9 Å². The smallest absolute Gasteiger partial charge is 0.475 e. The van der Waals surface area contributed by atoms with E-state index in [1.807, 2.05) is 43.0 Å². The summed E-state index contributed by atoms with van der Waals surface area (Å²) in [4.78, 5) is 30.6. The molecule has 2 aliphatic heterocycles. The number of carbonyl (C=O) groups excluding carboxylic acids is 1. The second-order valence-electron chi connectivity index (χ2n) is 7.66. The first kappa shape index (κ1) is 22.8. The van der Waals surface area contributed by atoms with Crippen molar-refractivity contribution in [3.05, 3.63) is 53.2 Å². The number of fused-ring (bicyclic) bond motifs is 1. The lowest BCUT2D eigenvalue weighted by Gasteiger charge is -2.25. The number of alkyl halides is 3. The Morgan fingerprint density at radius 2 is 1.81 bits per heavy atom. The Kier molecular flexibility index (Phi) is 6.68. The van der Waals surface area contributed by atoms with Crippen LogP contribution in [0.3, 0.4) is 0 Å². The quantitative estimate of drug-likeness (QED) is 0.789. The highest BCUT2D eigenvalue weighted by Gasteiger charge is 2.44. The zero-order valence-corrected chi connectivity index (χ0v) is 17.2. The van der Waals surface area contributed by atoms with Crippen molar-refractivity contribution in [2.24, 2.45) is 0 Å². The molecular formula is C21H24F3N3O4. The highest BCUT2D eigenvalue weighted by molar-refractivity contribution is 5.92. The Hall–Kier alpha value is -2.88. The second kappa shape index (κ2) is 9.09. The van der Waals surface area contributed by atoms with E-state index in [0.29, 0.717) is 17.8 Å². The number of halogens is 3. The summed E-state index contributed by atoms with van der Waals surface area (Å²) in [5.41, 5.74) is 1.45. The van der Waals surface area contributed by atoms with Crippen LogP contribution in [0, 0.1) is 13.8 Å². The van der Waals surface area contributed by atoms with E-state index < -0.39 is 12.1 Å². The first-order valence-corrected chi connectivity index (χ1v) is 9.90. The van der Waals surface area contributed by atoms with E-state index in [-0.39, 0.29) is 5.91 Å². The number of hydrogen-bond donors (Lipinski definition) is 1. The maximum Gasteiger partial charge on any atom is 0.490 e. The van der Waals surface area contributed by atoms with Crippen LogP contribution in [-0.4, -0.2) is 63.1 Å². The monoisotopic (exact) mass is 439 g/mol. The number of furan rings is 1. The summed E-state index contributed by atoms with van der Waals surface area (Å²) in [5, 5.41) is 7.12. The third-order valence-electron chi connectivity index (χ3n) is 5.46. The van der Waals surface area contributed by atoms with Crippen LogP contribution >= 0.6 is 0 Å². The summed E-state index contributed by atoms with van der Waals surface area (Å²) in [6.07, 6.45) is -3.02.